The normalized spacial score (nSPS) is 13.0. The number of anilines is 2. The minimum atomic E-state index is -4.77. The maximum Gasteiger partial charge on any atom is 0.416 e. The van der Waals surface area contributed by atoms with E-state index < -0.39 is 56.0 Å². The molecular weight excluding hydrogens is 677 g/mol. The number of nitrogen functional groups attached to an aromatic ring is 1. The number of ether oxygens (including phenoxy) is 3. The molecule has 0 saturated carbocycles. The largest absolute Gasteiger partial charge is 0.491 e. The number of amides is 1. The van der Waals surface area contributed by atoms with Crippen LogP contribution in [-0.4, -0.2) is 55.9 Å². The van der Waals surface area contributed by atoms with Gasteiger partial charge in [-0.05, 0) is 116 Å². The molecule has 1 heterocycles. The van der Waals surface area contributed by atoms with Crippen molar-refractivity contribution in [1.29, 1.82) is 0 Å². The summed E-state index contributed by atoms with van der Waals surface area (Å²) in [5.74, 6) is -0.105. The highest BCUT2D eigenvalue weighted by molar-refractivity contribution is 7.89. The summed E-state index contributed by atoms with van der Waals surface area (Å²) in [6.07, 6.45) is -4.40. The molecule has 274 valence electrons. The number of carbonyl (C=O) groups excluding carboxylic acids is 2. The van der Waals surface area contributed by atoms with E-state index in [2.05, 4.69) is 9.71 Å². The number of rotatable bonds is 13. The second-order valence-corrected chi connectivity index (χ2v) is 15.3. The quantitative estimate of drug-likeness (QED) is 0.110. The van der Waals surface area contributed by atoms with Gasteiger partial charge in [-0.1, -0.05) is 18.2 Å². The van der Waals surface area contributed by atoms with Gasteiger partial charge in [-0.15, -0.1) is 0 Å². The lowest BCUT2D eigenvalue weighted by atomic mass is 10.1. The molecule has 1 atom stereocenters. The predicted molar refractivity (Wildman–Crippen MR) is 183 cm³/mol. The number of sulfonamides is 1. The molecule has 3 rings (SSSR count). The fourth-order valence-corrected chi connectivity index (χ4v) is 5.81. The molecule has 1 amide bonds. The molecule has 0 aliphatic heterocycles. The minimum absolute atomic E-state index is 0.213. The molecule has 1 aromatic heterocycles. The smallest absolute Gasteiger partial charge is 0.416 e. The molecular formula is C35H45F3N4O7S. The van der Waals surface area contributed by atoms with Crippen molar-refractivity contribution < 1.29 is 45.4 Å². The molecule has 50 heavy (non-hydrogen) atoms. The highest BCUT2D eigenvalue weighted by Gasteiger charge is 2.34. The van der Waals surface area contributed by atoms with Gasteiger partial charge in [0.1, 0.15) is 28.8 Å². The number of unbranched alkanes of at least 4 members (excludes halogenated alkanes) is 1. The van der Waals surface area contributed by atoms with Crippen LogP contribution in [0.3, 0.4) is 0 Å². The van der Waals surface area contributed by atoms with Crippen molar-refractivity contribution in [2.45, 2.75) is 96.0 Å². The first-order chi connectivity index (χ1) is 23.0. The van der Waals surface area contributed by atoms with E-state index in [4.69, 9.17) is 19.9 Å². The number of aryl methyl sites for hydroxylation is 1. The van der Waals surface area contributed by atoms with Gasteiger partial charge in [0.2, 0.25) is 10.0 Å². The number of nitrogens with one attached hydrogen (secondary N) is 1. The molecule has 0 fully saturated rings. The Morgan fingerprint density at radius 1 is 0.920 bits per heavy atom. The van der Waals surface area contributed by atoms with Crippen LogP contribution in [0.5, 0.6) is 5.75 Å². The molecule has 11 nitrogen and oxygen atoms in total. The van der Waals surface area contributed by atoms with Crippen molar-refractivity contribution in [2.75, 3.05) is 23.8 Å². The monoisotopic (exact) mass is 722 g/mol. The minimum Gasteiger partial charge on any atom is -0.491 e. The first kappa shape index (κ1) is 40.1. The van der Waals surface area contributed by atoms with Gasteiger partial charge in [0.05, 0.1) is 22.8 Å². The fourth-order valence-electron chi connectivity index (χ4n) is 4.58. The molecule has 3 aromatic rings. The van der Waals surface area contributed by atoms with Crippen LogP contribution in [0.4, 0.5) is 29.5 Å². The van der Waals surface area contributed by atoms with Crippen molar-refractivity contribution >= 4 is 33.6 Å². The number of alkyl halides is 3. The summed E-state index contributed by atoms with van der Waals surface area (Å²) < 4.78 is 85.1. The lowest BCUT2D eigenvalue weighted by Gasteiger charge is -2.27. The number of benzene rings is 2. The summed E-state index contributed by atoms with van der Waals surface area (Å²) in [5, 5.41) is 0. The Kier molecular flexibility index (Phi) is 12.9. The van der Waals surface area contributed by atoms with Crippen LogP contribution in [-0.2, 0) is 36.9 Å². The Balaban J connectivity index is 1.69. The van der Waals surface area contributed by atoms with Gasteiger partial charge >= 0.3 is 18.2 Å². The van der Waals surface area contributed by atoms with E-state index in [1.54, 1.807) is 59.7 Å². The van der Waals surface area contributed by atoms with Crippen molar-refractivity contribution in [1.82, 2.24) is 9.71 Å². The fraction of sp³-hybridized carbons (Fsp3) is 0.457. The Morgan fingerprint density at radius 3 is 2.18 bits per heavy atom. The van der Waals surface area contributed by atoms with Gasteiger partial charge in [-0.2, -0.15) is 17.9 Å². The number of pyridine rings is 1. The first-order valence-electron chi connectivity index (χ1n) is 15.9. The zero-order valence-electron chi connectivity index (χ0n) is 29.3. The summed E-state index contributed by atoms with van der Waals surface area (Å²) in [6, 6.07) is 11.8. The van der Waals surface area contributed by atoms with Crippen molar-refractivity contribution in [3.8, 4) is 5.75 Å². The summed E-state index contributed by atoms with van der Waals surface area (Å²) >= 11 is 0. The van der Waals surface area contributed by atoms with Crippen molar-refractivity contribution in [3.05, 3.63) is 77.5 Å². The Morgan fingerprint density at radius 2 is 1.58 bits per heavy atom. The van der Waals surface area contributed by atoms with Gasteiger partial charge in [0, 0.05) is 12.2 Å². The van der Waals surface area contributed by atoms with Crippen LogP contribution in [0.2, 0.25) is 0 Å². The lowest BCUT2D eigenvalue weighted by Crippen LogP contribution is -2.45. The number of hydrogen-bond donors (Lipinski definition) is 2. The summed E-state index contributed by atoms with van der Waals surface area (Å²) in [7, 11) is -4.58. The zero-order valence-corrected chi connectivity index (χ0v) is 30.1. The number of carbonyl (C=O) groups is 2. The summed E-state index contributed by atoms with van der Waals surface area (Å²) in [4.78, 5) is 31.3. The second-order valence-electron chi connectivity index (χ2n) is 13.6. The topological polar surface area (TPSA) is 150 Å². The summed E-state index contributed by atoms with van der Waals surface area (Å²) in [6.45, 7) is 12.6. The van der Waals surface area contributed by atoms with E-state index in [1.807, 2.05) is 19.1 Å². The number of aromatic nitrogens is 1. The molecule has 0 bridgehead atoms. The zero-order chi connectivity index (χ0) is 37.5. The van der Waals surface area contributed by atoms with Crippen LogP contribution in [0, 0.1) is 6.92 Å². The van der Waals surface area contributed by atoms with Crippen LogP contribution in [0.15, 0.2) is 65.6 Å². The third kappa shape index (κ3) is 12.5. The third-order valence-electron chi connectivity index (χ3n) is 6.77. The SMILES string of the molecule is Cc1cccc(N(CCCCOc2ccc(C[C@H](NS(=O)(=O)c3cccc(C(F)(F)F)c3)C(=O)OC(C)(C)C)cc2N)C(=O)OC(C)(C)C)n1. The molecule has 3 N–H and O–H groups in total. The molecule has 0 unspecified atom stereocenters. The molecule has 0 saturated heterocycles. The molecule has 0 radical (unpaired) electrons. The number of nitrogens with two attached hydrogens (primary N) is 1. The standard InChI is InChI=1S/C35H45F3N4O7S/c1-23-12-10-15-30(40-23)42(32(44)49-34(5,6)7)18-8-9-19-47-29-17-16-24(20-27(29)39)21-28(31(43)48-33(2,3)4)41-50(45,46)26-14-11-13-25(22-26)35(36,37)38/h10-17,20,22,28,41H,8-9,18-19,21,39H2,1-7H3/t28-/m0/s1. The first-order valence-corrected chi connectivity index (χ1v) is 17.4. The van der Waals surface area contributed by atoms with Gasteiger partial charge in [0.15, 0.2) is 0 Å². The van der Waals surface area contributed by atoms with Crippen LogP contribution in [0.1, 0.15) is 71.2 Å². The van der Waals surface area contributed by atoms with Crippen molar-refractivity contribution in [2.24, 2.45) is 0 Å². The average Bonchev–Trinajstić information content (AvgIpc) is 2.97. The predicted octanol–water partition coefficient (Wildman–Crippen LogP) is 6.82. The van der Waals surface area contributed by atoms with Crippen molar-refractivity contribution in [3.63, 3.8) is 0 Å². The Bertz CT molecular complexity index is 1750. The number of nitrogens with zero attached hydrogens (tertiary/aromatic N) is 2. The van der Waals surface area contributed by atoms with E-state index in [0.717, 1.165) is 23.9 Å². The second kappa shape index (κ2) is 16.1. The van der Waals surface area contributed by atoms with E-state index in [1.165, 1.54) is 11.0 Å². The number of esters is 1. The molecule has 15 heteroatoms. The molecule has 0 aliphatic rings. The Labute approximate surface area is 291 Å². The lowest BCUT2D eigenvalue weighted by molar-refractivity contribution is -0.157. The van der Waals surface area contributed by atoms with Gasteiger partial charge < -0.3 is 19.9 Å². The van der Waals surface area contributed by atoms with E-state index in [9.17, 15) is 31.2 Å². The highest BCUT2D eigenvalue weighted by atomic mass is 32.2. The van der Waals surface area contributed by atoms with Gasteiger partial charge in [-0.25, -0.2) is 18.2 Å². The average molecular weight is 723 g/mol. The summed E-state index contributed by atoms with van der Waals surface area (Å²) in [5.41, 5.74) is 4.83. The Hall–Kier alpha value is -4.37. The van der Waals surface area contributed by atoms with Crippen LogP contribution < -0.4 is 20.1 Å². The van der Waals surface area contributed by atoms with Crippen LogP contribution >= 0.6 is 0 Å². The molecule has 0 spiro atoms. The van der Waals surface area contributed by atoms with E-state index >= 15 is 0 Å². The van der Waals surface area contributed by atoms with E-state index in [0.29, 0.717) is 42.6 Å². The molecule has 2 aromatic carbocycles. The molecule has 0 aliphatic carbocycles. The van der Waals surface area contributed by atoms with Crippen LogP contribution in [0.25, 0.3) is 0 Å². The number of halogens is 3. The van der Waals surface area contributed by atoms with Gasteiger partial charge in [0.25, 0.3) is 0 Å². The van der Waals surface area contributed by atoms with E-state index in [-0.39, 0.29) is 18.7 Å². The third-order valence-corrected chi connectivity index (χ3v) is 8.24. The highest BCUT2D eigenvalue weighted by Crippen LogP contribution is 2.31. The maximum atomic E-state index is 13.3. The number of hydrogen-bond acceptors (Lipinski definition) is 9. The van der Waals surface area contributed by atoms with Gasteiger partial charge in [-0.3, -0.25) is 9.69 Å². The maximum absolute atomic E-state index is 13.3.